The normalized spacial score (nSPS) is 14.0. The molecule has 0 radical (unpaired) electrons. The number of benzene rings is 3. The lowest BCUT2D eigenvalue weighted by Crippen LogP contribution is -2.30. The van der Waals surface area contributed by atoms with E-state index in [4.69, 9.17) is 10.2 Å². The second-order valence-corrected chi connectivity index (χ2v) is 13.0. The quantitative estimate of drug-likeness (QED) is 0.190. The molecule has 0 unspecified atom stereocenters. The average molecular weight is 653 g/mol. The highest BCUT2D eigenvalue weighted by molar-refractivity contribution is 9.10. The first-order chi connectivity index (χ1) is 19.2. The number of hydrogen-bond acceptors (Lipinski definition) is 4. The summed E-state index contributed by atoms with van der Waals surface area (Å²) >= 11 is 2.92. The number of halogens is 5. The molecule has 12 heteroatoms. The number of carbonyl (C=O) groups is 1. The van der Waals surface area contributed by atoms with Crippen LogP contribution in [0.4, 0.5) is 23.2 Å². The third-order valence-electron chi connectivity index (χ3n) is 7.09. The van der Waals surface area contributed by atoms with Crippen LogP contribution in [0.3, 0.4) is 0 Å². The number of nitrogens with zero attached hydrogens (tertiary/aromatic N) is 1. The van der Waals surface area contributed by atoms with E-state index in [0.29, 0.717) is 28.9 Å². The van der Waals surface area contributed by atoms with E-state index in [2.05, 4.69) is 15.9 Å². The Bertz CT molecular complexity index is 1750. The molecule has 0 bridgehead atoms. The summed E-state index contributed by atoms with van der Waals surface area (Å²) in [5.74, 6) is -0.675. The van der Waals surface area contributed by atoms with Crippen molar-refractivity contribution in [3.63, 3.8) is 0 Å². The summed E-state index contributed by atoms with van der Waals surface area (Å²) in [5.41, 5.74) is 6.37. The van der Waals surface area contributed by atoms with Crippen LogP contribution in [0, 0.1) is 11.7 Å². The molecule has 0 atom stereocenters. The topological polar surface area (TPSA) is 93.6 Å². The van der Waals surface area contributed by atoms with Gasteiger partial charge in [-0.25, -0.2) is 12.8 Å². The zero-order valence-electron chi connectivity index (χ0n) is 21.8. The van der Waals surface area contributed by atoms with Crippen molar-refractivity contribution >= 4 is 48.5 Å². The molecule has 1 saturated carbocycles. The zero-order valence-corrected chi connectivity index (χ0v) is 24.2. The first-order valence-corrected chi connectivity index (χ1v) is 15.3. The fraction of sp³-hybridized carbons (Fsp3) is 0.276. The third-order valence-corrected chi connectivity index (χ3v) is 8.91. The maximum atomic E-state index is 13.6. The van der Waals surface area contributed by atoms with E-state index in [1.54, 1.807) is 6.07 Å². The van der Waals surface area contributed by atoms with E-state index in [1.807, 2.05) is 0 Å². The number of carbonyl (C=O) groups excluding carboxylic acids is 1. The molecule has 1 aliphatic rings. The smallest absolute Gasteiger partial charge is 0.417 e. The van der Waals surface area contributed by atoms with Gasteiger partial charge in [-0.2, -0.15) is 13.2 Å². The first kappa shape index (κ1) is 29.1. The molecule has 1 aliphatic carbocycles. The summed E-state index contributed by atoms with van der Waals surface area (Å²) in [5, 5.41) is 0.364. The van der Waals surface area contributed by atoms with Gasteiger partial charge in [-0.05, 0) is 72.4 Å². The molecule has 2 N–H and O–H groups in total. The highest BCUT2D eigenvalue weighted by Crippen LogP contribution is 2.41. The van der Waals surface area contributed by atoms with Gasteiger partial charge in [0, 0.05) is 21.5 Å². The van der Waals surface area contributed by atoms with Crippen LogP contribution >= 0.6 is 15.9 Å². The minimum absolute atomic E-state index is 0.0689. The Morgan fingerprint density at radius 3 is 2.37 bits per heavy atom. The van der Waals surface area contributed by atoms with E-state index in [0.717, 1.165) is 35.9 Å². The molecular weight excluding hydrogens is 628 g/mol. The molecule has 3 aromatic carbocycles. The Hall–Kier alpha value is -3.38. The van der Waals surface area contributed by atoms with E-state index in [9.17, 15) is 30.8 Å². The number of nitrogens with two attached hydrogens (primary N) is 1. The largest absolute Gasteiger partial charge is 0.455 e. The van der Waals surface area contributed by atoms with Crippen LogP contribution in [-0.4, -0.2) is 20.6 Å². The van der Waals surface area contributed by atoms with Gasteiger partial charge in [0.05, 0.1) is 29.6 Å². The van der Waals surface area contributed by atoms with Crippen LogP contribution in [-0.2, 0) is 29.2 Å². The maximum Gasteiger partial charge on any atom is 0.417 e. The molecule has 0 aliphatic heterocycles. The van der Waals surface area contributed by atoms with Gasteiger partial charge in [0.15, 0.2) is 0 Å². The SMILES string of the molecule is CS(=O)(=O)N(Cc1ccc(Br)c(C(F)(F)F)c1)c1cc2oc(-c3ccc(F)cc3)c(C(N)=O)c2cc1CCC1CC1. The van der Waals surface area contributed by atoms with E-state index >= 15 is 0 Å². The van der Waals surface area contributed by atoms with Crippen molar-refractivity contribution in [3.05, 3.63) is 87.1 Å². The van der Waals surface area contributed by atoms with Gasteiger partial charge >= 0.3 is 6.18 Å². The first-order valence-electron chi connectivity index (χ1n) is 12.7. The second kappa shape index (κ2) is 10.8. The van der Waals surface area contributed by atoms with Crippen LogP contribution in [0.15, 0.2) is 63.5 Å². The number of furan rings is 1. The van der Waals surface area contributed by atoms with Gasteiger partial charge in [0.2, 0.25) is 10.0 Å². The molecule has 216 valence electrons. The average Bonchev–Trinajstić information content (AvgIpc) is 3.64. The molecule has 4 aromatic rings. The van der Waals surface area contributed by atoms with Crippen LogP contribution in [0.5, 0.6) is 0 Å². The lowest BCUT2D eigenvalue weighted by atomic mass is 9.99. The predicted octanol–water partition coefficient (Wildman–Crippen LogP) is 7.43. The number of anilines is 1. The van der Waals surface area contributed by atoms with Crippen molar-refractivity contribution in [2.24, 2.45) is 11.7 Å². The highest BCUT2D eigenvalue weighted by atomic mass is 79.9. The van der Waals surface area contributed by atoms with Crippen LogP contribution < -0.4 is 10.0 Å². The van der Waals surface area contributed by atoms with Gasteiger partial charge < -0.3 is 10.2 Å². The van der Waals surface area contributed by atoms with Crippen molar-refractivity contribution in [3.8, 4) is 11.3 Å². The van der Waals surface area contributed by atoms with Gasteiger partial charge in [-0.3, -0.25) is 9.10 Å². The van der Waals surface area contributed by atoms with Gasteiger partial charge in [0.1, 0.15) is 17.2 Å². The number of fused-ring (bicyclic) bond motifs is 1. The molecule has 1 heterocycles. The number of rotatable bonds is 9. The molecule has 41 heavy (non-hydrogen) atoms. The number of amides is 1. The van der Waals surface area contributed by atoms with Crippen molar-refractivity contribution in [2.45, 2.75) is 38.4 Å². The number of hydrogen-bond donors (Lipinski definition) is 1. The Labute approximate surface area is 242 Å². The minimum atomic E-state index is -4.64. The summed E-state index contributed by atoms with van der Waals surface area (Å²) in [7, 11) is -4.00. The van der Waals surface area contributed by atoms with Crippen LogP contribution in [0.2, 0.25) is 0 Å². The summed E-state index contributed by atoms with van der Waals surface area (Å²) in [6, 6.07) is 12.0. The van der Waals surface area contributed by atoms with Crippen molar-refractivity contribution in [1.82, 2.24) is 0 Å². The van der Waals surface area contributed by atoms with E-state index in [-0.39, 0.29) is 39.2 Å². The van der Waals surface area contributed by atoms with Gasteiger partial charge in [-0.1, -0.05) is 34.8 Å². The molecule has 0 saturated heterocycles. The molecule has 1 amide bonds. The Morgan fingerprint density at radius 2 is 1.78 bits per heavy atom. The lowest BCUT2D eigenvalue weighted by Gasteiger charge is -2.26. The van der Waals surface area contributed by atoms with Crippen molar-refractivity contribution in [2.75, 3.05) is 10.6 Å². The minimum Gasteiger partial charge on any atom is -0.455 e. The number of primary amides is 1. The maximum absolute atomic E-state index is 13.6. The molecule has 1 fully saturated rings. The molecule has 6 nitrogen and oxygen atoms in total. The highest BCUT2D eigenvalue weighted by Gasteiger charge is 2.34. The molecule has 0 spiro atoms. The lowest BCUT2D eigenvalue weighted by molar-refractivity contribution is -0.138. The van der Waals surface area contributed by atoms with Gasteiger partial charge in [0.25, 0.3) is 5.91 Å². The van der Waals surface area contributed by atoms with Crippen LogP contribution in [0.1, 0.15) is 46.3 Å². The number of alkyl halides is 3. The number of aryl methyl sites for hydroxylation is 1. The third kappa shape index (κ3) is 6.28. The molecule has 1 aromatic heterocycles. The molecular formula is C29H25BrF4N2O4S. The van der Waals surface area contributed by atoms with E-state index < -0.39 is 33.5 Å². The summed E-state index contributed by atoms with van der Waals surface area (Å²) in [6.45, 7) is -0.370. The predicted molar refractivity (Wildman–Crippen MR) is 151 cm³/mol. The summed E-state index contributed by atoms with van der Waals surface area (Å²) < 4.78 is 87.4. The Morgan fingerprint density at radius 1 is 1.10 bits per heavy atom. The van der Waals surface area contributed by atoms with Gasteiger partial charge in [-0.15, -0.1) is 0 Å². The Kier molecular flexibility index (Phi) is 7.66. The summed E-state index contributed by atoms with van der Waals surface area (Å²) in [4.78, 5) is 12.6. The summed E-state index contributed by atoms with van der Waals surface area (Å²) in [6.07, 6.45) is -0.326. The second-order valence-electron chi connectivity index (χ2n) is 10.2. The zero-order chi connectivity index (χ0) is 29.7. The molecule has 5 rings (SSSR count). The van der Waals surface area contributed by atoms with E-state index in [1.165, 1.54) is 42.5 Å². The fourth-order valence-corrected chi connectivity index (χ4v) is 6.24. The Balaban J connectivity index is 1.68. The van der Waals surface area contributed by atoms with Crippen molar-refractivity contribution in [1.29, 1.82) is 0 Å². The van der Waals surface area contributed by atoms with Crippen LogP contribution in [0.25, 0.3) is 22.3 Å². The standard InChI is InChI=1S/C29H25BrF4N2O4S/c1-41(38,39)36(15-17-5-11-23(30)22(12-17)29(32,33)34)24-14-25-21(13-19(24)6-4-16-2-3-16)26(28(35)37)27(40-25)18-7-9-20(31)10-8-18/h5,7-14,16H,2-4,6,15H2,1H3,(H2,35,37). The fourth-order valence-electron chi connectivity index (χ4n) is 4.86. The number of sulfonamides is 1. The van der Waals surface area contributed by atoms with Crippen molar-refractivity contribution < 1.29 is 35.2 Å². The monoisotopic (exact) mass is 652 g/mol.